The van der Waals surface area contributed by atoms with E-state index in [1.165, 1.54) is 18.7 Å². The molecule has 9 nitrogen and oxygen atoms in total. The minimum Gasteiger partial charge on any atom is -0.462 e. The predicted octanol–water partition coefficient (Wildman–Crippen LogP) is 3.77. The van der Waals surface area contributed by atoms with Crippen LogP contribution in [0.15, 0.2) is 59.9 Å². The van der Waals surface area contributed by atoms with Crippen LogP contribution in [-0.4, -0.2) is 35.4 Å². The lowest BCUT2D eigenvalue weighted by atomic mass is 9.64. The summed E-state index contributed by atoms with van der Waals surface area (Å²) in [5.74, 6) is -2.90. The molecule has 35 heavy (non-hydrogen) atoms. The fourth-order valence-corrected chi connectivity index (χ4v) is 5.39. The van der Waals surface area contributed by atoms with Crippen LogP contribution in [0.3, 0.4) is 0 Å². The molecule has 2 aromatic rings. The Bertz CT molecular complexity index is 1250. The lowest BCUT2D eigenvalue weighted by Crippen LogP contribution is -2.59. The van der Waals surface area contributed by atoms with E-state index in [1.54, 1.807) is 43.3 Å². The molecule has 1 aliphatic carbocycles. The van der Waals surface area contributed by atoms with Crippen molar-refractivity contribution in [1.29, 1.82) is 0 Å². The van der Waals surface area contributed by atoms with Gasteiger partial charge in [0, 0.05) is 25.2 Å². The number of aryl methyl sites for hydroxylation is 1. The number of fused-ring (bicyclic) bond motifs is 3. The van der Waals surface area contributed by atoms with Gasteiger partial charge in [-0.05, 0) is 31.5 Å². The number of carbonyl (C=O) groups excluding carboxylic acids is 3. The molecule has 0 spiro atoms. The maximum Gasteiger partial charge on any atom is 0.339 e. The van der Waals surface area contributed by atoms with E-state index in [1.807, 2.05) is 19.1 Å². The van der Waals surface area contributed by atoms with Crippen LogP contribution in [0, 0.1) is 17.0 Å². The number of amides is 1. The standard InChI is InChI=1S/C26H26N2O7/c1-5-34-25(31)23-22(35-17(4)30)14-20(18-12-10-15(2)11-13-18)26(28(32)33)19-8-6-7-9-21(19)27(16(3)29)24(23)26/h6-13,20,24H,5,14H2,1-4H3/t20-,24+,26+/m0/s1. The van der Waals surface area contributed by atoms with Gasteiger partial charge in [0.05, 0.1) is 23.8 Å². The minimum atomic E-state index is -1.91. The van der Waals surface area contributed by atoms with Gasteiger partial charge in [0.2, 0.25) is 5.91 Å². The van der Waals surface area contributed by atoms with Crippen LogP contribution >= 0.6 is 0 Å². The zero-order chi connectivity index (χ0) is 25.5. The first-order valence-corrected chi connectivity index (χ1v) is 11.3. The molecule has 1 heterocycles. The number of para-hydroxylation sites is 1. The van der Waals surface area contributed by atoms with Crippen molar-refractivity contribution in [3.63, 3.8) is 0 Å². The Morgan fingerprint density at radius 2 is 1.77 bits per heavy atom. The number of rotatable bonds is 5. The minimum absolute atomic E-state index is 0.00226. The highest BCUT2D eigenvalue weighted by atomic mass is 16.6. The first kappa shape index (κ1) is 24.1. The number of hydrogen-bond acceptors (Lipinski definition) is 7. The molecule has 0 unspecified atom stereocenters. The van der Waals surface area contributed by atoms with Gasteiger partial charge in [-0.1, -0.05) is 42.0 Å². The van der Waals surface area contributed by atoms with E-state index in [-0.39, 0.29) is 24.4 Å². The highest BCUT2D eigenvalue weighted by Crippen LogP contribution is 2.60. The zero-order valence-electron chi connectivity index (χ0n) is 19.9. The van der Waals surface area contributed by atoms with Crippen molar-refractivity contribution >= 4 is 23.5 Å². The molecule has 0 fully saturated rings. The monoisotopic (exact) mass is 478 g/mol. The van der Waals surface area contributed by atoms with Gasteiger partial charge in [0.25, 0.3) is 5.54 Å². The number of anilines is 1. The summed E-state index contributed by atoms with van der Waals surface area (Å²) in [4.78, 5) is 52.3. The maximum atomic E-state index is 13.3. The average Bonchev–Trinajstić information content (AvgIpc) is 3.11. The molecular weight excluding hydrogens is 452 g/mol. The second-order valence-corrected chi connectivity index (χ2v) is 8.71. The molecule has 0 aromatic heterocycles. The molecule has 2 aliphatic rings. The Labute approximate surface area is 202 Å². The summed E-state index contributed by atoms with van der Waals surface area (Å²) in [6.07, 6.45) is -0.103. The van der Waals surface area contributed by atoms with E-state index in [9.17, 15) is 24.5 Å². The third-order valence-corrected chi connectivity index (χ3v) is 6.65. The van der Waals surface area contributed by atoms with Gasteiger partial charge in [-0.25, -0.2) is 4.79 Å². The van der Waals surface area contributed by atoms with Gasteiger partial charge in [-0.15, -0.1) is 0 Å². The van der Waals surface area contributed by atoms with Crippen LogP contribution in [0.5, 0.6) is 0 Å². The van der Waals surface area contributed by atoms with Crippen LogP contribution in [0.4, 0.5) is 5.69 Å². The second-order valence-electron chi connectivity index (χ2n) is 8.71. The van der Waals surface area contributed by atoms with Gasteiger partial charge in [0.1, 0.15) is 17.4 Å². The van der Waals surface area contributed by atoms with Gasteiger partial charge in [-0.2, -0.15) is 0 Å². The van der Waals surface area contributed by atoms with Crippen LogP contribution < -0.4 is 4.90 Å². The first-order valence-electron chi connectivity index (χ1n) is 11.3. The van der Waals surface area contributed by atoms with Crippen LogP contribution in [0.2, 0.25) is 0 Å². The summed E-state index contributed by atoms with van der Waals surface area (Å²) in [5, 5.41) is 13.2. The van der Waals surface area contributed by atoms with Crippen molar-refractivity contribution in [3.8, 4) is 0 Å². The topological polar surface area (TPSA) is 116 Å². The molecule has 0 saturated carbocycles. The number of esters is 2. The number of nitro groups is 1. The number of ether oxygens (including phenoxy) is 2. The van der Waals surface area contributed by atoms with Crippen molar-refractivity contribution in [2.75, 3.05) is 11.5 Å². The number of nitrogens with zero attached hydrogens (tertiary/aromatic N) is 2. The largest absolute Gasteiger partial charge is 0.462 e. The number of benzene rings is 2. The molecule has 182 valence electrons. The Morgan fingerprint density at radius 1 is 1.11 bits per heavy atom. The van der Waals surface area contributed by atoms with Gasteiger partial charge < -0.3 is 9.47 Å². The maximum absolute atomic E-state index is 13.3. The number of carbonyl (C=O) groups is 3. The first-order chi connectivity index (χ1) is 16.6. The van der Waals surface area contributed by atoms with Crippen molar-refractivity contribution in [3.05, 3.63) is 86.7 Å². The van der Waals surface area contributed by atoms with Crippen molar-refractivity contribution in [2.24, 2.45) is 0 Å². The Morgan fingerprint density at radius 3 is 2.34 bits per heavy atom. The van der Waals surface area contributed by atoms with E-state index in [0.29, 0.717) is 16.8 Å². The van der Waals surface area contributed by atoms with E-state index in [0.717, 1.165) is 5.56 Å². The number of hydrogen-bond donors (Lipinski definition) is 0. The Kier molecular flexibility index (Phi) is 6.19. The third kappa shape index (κ3) is 3.67. The molecule has 1 amide bonds. The zero-order valence-corrected chi connectivity index (χ0v) is 19.9. The summed E-state index contributed by atoms with van der Waals surface area (Å²) < 4.78 is 10.7. The summed E-state index contributed by atoms with van der Waals surface area (Å²) in [5.41, 5.74) is 0.155. The van der Waals surface area contributed by atoms with Gasteiger partial charge in [0.15, 0.2) is 0 Å². The molecular formula is C26H26N2O7. The highest BCUT2D eigenvalue weighted by Gasteiger charge is 2.71. The highest BCUT2D eigenvalue weighted by molar-refractivity contribution is 6.02. The molecule has 1 aliphatic heterocycles. The molecule has 0 bridgehead atoms. The van der Waals surface area contributed by atoms with E-state index >= 15 is 0 Å². The lowest BCUT2D eigenvalue weighted by Gasteiger charge is -2.41. The summed E-state index contributed by atoms with van der Waals surface area (Å²) >= 11 is 0. The van der Waals surface area contributed by atoms with E-state index in [2.05, 4.69) is 0 Å². The molecule has 9 heteroatoms. The van der Waals surface area contributed by atoms with Crippen LogP contribution in [-0.2, 0) is 29.4 Å². The van der Waals surface area contributed by atoms with Crippen molar-refractivity contribution in [2.45, 2.75) is 51.6 Å². The Balaban J connectivity index is 2.13. The summed E-state index contributed by atoms with van der Waals surface area (Å²) in [6, 6.07) is 12.5. The lowest BCUT2D eigenvalue weighted by molar-refractivity contribution is -0.586. The van der Waals surface area contributed by atoms with E-state index < -0.39 is 40.3 Å². The molecule has 0 N–H and O–H groups in total. The van der Waals surface area contributed by atoms with Crippen LogP contribution in [0.1, 0.15) is 49.8 Å². The van der Waals surface area contributed by atoms with Gasteiger partial charge in [-0.3, -0.25) is 24.6 Å². The van der Waals surface area contributed by atoms with Crippen molar-refractivity contribution < 1.29 is 28.8 Å². The fourth-order valence-electron chi connectivity index (χ4n) is 5.39. The molecule has 4 rings (SSSR count). The third-order valence-electron chi connectivity index (χ3n) is 6.65. The molecule has 3 atom stereocenters. The predicted molar refractivity (Wildman–Crippen MR) is 126 cm³/mol. The van der Waals surface area contributed by atoms with Crippen molar-refractivity contribution in [1.82, 2.24) is 0 Å². The average molecular weight is 479 g/mol. The van der Waals surface area contributed by atoms with Crippen LogP contribution in [0.25, 0.3) is 0 Å². The molecule has 2 aromatic carbocycles. The molecule has 0 saturated heterocycles. The second kappa shape index (κ2) is 8.98. The Hall–Kier alpha value is -4.01. The SMILES string of the molecule is CCOC(=O)C1=C(OC(C)=O)C[C@@H](c2ccc(C)cc2)[C@]2([N+](=O)[O-])c3ccccc3N(C(C)=O)[C@H]12. The van der Waals surface area contributed by atoms with Gasteiger partial charge >= 0.3 is 11.9 Å². The fraction of sp³-hybridized carbons (Fsp3) is 0.346. The quantitative estimate of drug-likeness (QED) is 0.365. The molecule has 0 radical (unpaired) electrons. The van der Waals surface area contributed by atoms with E-state index in [4.69, 9.17) is 9.47 Å². The summed E-state index contributed by atoms with van der Waals surface area (Å²) in [6.45, 7) is 5.99. The summed E-state index contributed by atoms with van der Waals surface area (Å²) in [7, 11) is 0. The normalized spacial score (nSPS) is 22.8. The number of allylic oxidation sites excluding steroid dienone is 1. The smallest absolute Gasteiger partial charge is 0.339 e.